The van der Waals surface area contributed by atoms with Crippen molar-refractivity contribution in [3.8, 4) is 0 Å². The van der Waals surface area contributed by atoms with Crippen LogP contribution in [0.3, 0.4) is 0 Å². The van der Waals surface area contributed by atoms with Crippen LogP contribution >= 0.6 is 0 Å². The molecule has 2 N–H and O–H groups in total. The molecule has 1 aliphatic rings. The quantitative estimate of drug-likeness (QED) is 0.596. The predicted molar refractivity (Wildman–Crippen MR) is 97.2 cm³/mol. The first kappa shape index (κ1) is 18.0. The lowest BCUT2D eigenvalue weighted by Crippen LogP contribution is -2.44. The molecular formula is C17H28N6O. The Hall–Kier alpha value is -2.31. The van der Waals surface area contributed by atoms with Gasteiger partial charge in [0.05, 0.1) is 13.1 Å². The van der Waals surface area contributed by atoms with E-state index in [0.717, 1.165) is 43.9 Å². The summed E-state index contributed by atoms with van der Waals surface area (Å²) in [6.45, 7) is 5.28. The summed E-state index contributed by atoms with van der Waals surface area (Å²) in [6.07, 6.45) is 3.99. The summed E-state index contributed by atoms with van der Waals surface area (Å²) in [6, 6.07) is 3.93. The van der Waals surface area contributed by atoms with Crippen LogP contribution in [0.5, 0.6) is 0 Å². The second-order valence-corrected chi connectivity index (χ2v) is 6.02. The van der Waals surface area contributed by atoms with E-state index in [1.165, 1.54) is 0 Å². The lowest BCUT2D eigenvalue weighted by Gasteiger charge is -2.18. The standard InChI is InChI=1S/C17H28N6O/c1-4-18-17(21-13-15(24)23-10-5-6-11-23)20-12-14-8-7-9-19-16(14)22(2)3/h7-9H,4-6,10-13H2,1-3H3,(H2,18,20,21). The number of nitrogens with one attached hydrogen (secondary N) is 2. The highest BCUT2D eigenvalue weighted by atomic mass is 16.2. The average molecular weight is 332 g/mol. The highest BCUT2D eigenvalue weighted by molar-refractivity contribution is 5.86. The minimum Gasteiger partial charge on any atom is -0.362 e. The van der Waals surface area contributed by atoms with Crippen molar-refractivity contribution in [3.05, 3.63) is 23.9 Å². The number of carbonyl (C=O) groups is 1. The van der Waals surface area contributed by atoms with Crippen LogP contribution in [-0.2, 0) is 11.3 Å². The fourth-order valence-electron chi connectivity index (χ4n) is 2.70. The first-order chi connectivity index (χ1) is 11.6. The molecule has 7 nitrogen and oxygen atoms in total. The van der Waals surface area contributed by atoms with Gasteiger partial charge in [-0.1, -0.05) is 6.07 Å². The van der Waals surface area contributed by atoms with E-state index in [4.69, 9.17) is 0 Å². The molecule has 24 heavy (non-hydrogen) atoms. The van der Waals surface area contributed by atoms with Crippen LogP contribution in [0.15, 0.2) is 23.3 Å². The van der Waals surface area contributed by atoms with E-state index in [1.807, 2.05) is 43.0 Å². The van der Waals surface area contributed by atoms with Gasteiger partial charge in [-0.15, -0.1) is 0 Å². The van der Waals surface area contributed by atoms with Crippen molar-refractivity contribution in [2.75, 3.05) is 45.2 Å². The van der Waals surface area contributed by atoms with E-state index in [0.29, 0.717) is 12.5 Å². The van der Waals surface area contributed by atoms with Gasteiger partial charge in [-0.05, 0) is 25.8 Å². The Morgan fingerprint density at radius 2 is 2.08 bits per heavy atom. The van der Waals surface area contributed by atoms with Crippen LogP contribution < -0.4 is 15.5 Å². The Labute approximate surface area is 144 Å². The zero-order chi connectivity index (χ0) is 17.4. The lowest BCUT2D eigenvalue weighted by molar-refractivity contribution is -0.128. The van der Waals surface area contributed by atoms with E-state index in [-0.39, 0.29) is 12.5 Å². The number of hydrogen-bond donors (Lipinski definition) is 2. The molecule has 1 aromatic heterocycles. The number of likely N-dealkylation sites (tertiary alicyclic amines) is 1. The van der Waals surface area contributed by atoms with Gasteiger partial charge in [0.15, 0.2) is 5.96 Å². The molecule has 7 heteroatoms. The van der Waals surface area contributed by atoms with Gasteiger partial charge in [0.1, 0.15) is 5.82 Å². The maximum absolute atomic E-state index is 12.1. The number of guanidine groups is 1. The molecule has 0 aromatic carbocycles. The molecule has 1 aliphatic heterocycles. The van der Waals surface area contributed by atoms with E-state index in [1.54, 1.807) is 6.20 Å². The second-order valence-electron chi connectivity index (χ2n) is 6.02. The van der Waals surface area contributed by atoms with Crippen molar-refractivity contribution in [1.82, 2.24) is 20.5 Å². The van der Waals surface area contributed by atoms with E-state index in [9.17, 15) is 4.79 Å². The van der Waals surface area contributed by atoms with Crippen LogP contribution in [0.2, 0.25) is 0 Å². The smallest absolute Gasteiger partial charge is 0.241 e. The fourth-order valence-corrected chi connectivity index (χ4v) is 2.70. The zero-order valence-electron chi connectivity index (χ0n) is 14.9. The van der Waals surface area contributed by atoms with Gasteiger partial charge in [-0.2, -0.15) is 0 Å². The molecule has 0 spiro atoms. The second kappa shape index (κ2) is 9.10. The predicted octanol–water partition coefficient (Wildman–Crippen LogP) is 0.825. The van der Waals surface area contributed by atoms with Gasteiger partial charge < -0.3 is 20.4 Å². The summed E-state index contributed by atoms with van der Waals surface area (Å²) >= 11 is 0. The monoisotopic (exact) mass is 332 g/mol. The van der Waals surface area contributed by atoms with Crippen molar-refractivity contribution in [1.29, 1.82) is 0 Å². The lowest BCUT2D eigenvalue weighted by atomic mass is 10.2. The Kier molecular flexibility index (Phi) is 6.84. The van der Waals surface area contributed by atoms with Gasteiger partial charge in [-0.3, -0.25) is 4.79 Å². The van der Waals surface area contributed by atoms with Gasteiger partial charge in [-0.25, -0.2) is 9.98 Å². The van der Waals surface area contributed by atoms with Gasteiger partial charge in [0, 0.05) is 45.5 Å². The number of aromatic nitrogens is 1. The number of aliphatic imine (C=N–C) groups is 1. The fraction of sp³-hybridized carbons (Fsp3) is 0.588. The van der Waals surface area contributed by atoms with Crippen molar-refractivity contribution >= 4 is 17.7 Å². The summed E-state index contributed by atoms with van der Waals surface area (Å²) in [5, 5.41) is 6.31. The van der Waals surface area contributed by atoms with Crippen LogP contribution in [0.1, 0.15) is 25.3 Å². The van der Waals surface area contributed by atoms with Gasteiger partial charge in [0.2, 0.25) is 5.91 Å². The molecule has 132 valence electrons. The summed E-state index contributed by atoms with van der Waals surface area (Å²) < 4.78 is 0. The normalized spacial score (nSPS) is 14.6. The van der Waals surface area contributed by atoms with Gasteiger partial charge >= 0.3 is 0 Å². The largest absolute Gasteiger partial charge is 0.362 e. The Bertz CT molecular complexity index is 566. The highest BCUT2D eigenvalue weighted by Gasteiger charge is 2.17. The Morgan fingerprint density at radius 3 is 2.75 bits per heavy atom. The number of anilines is 1. The Balaban J connectivity index is 1.96. The molecule has 0 unspecified atom stereocenters. The number of hydrogen-bond acceptors (Lipinski definition) is 4. The minimum absolute atomic E-state index is 0.133. The molecule has 0 bridgehead atoms. The first-order valence-electron chi connectivity index (χ1n) is 8.53. The molecule has 1 saturated heterocycles. The van der Waals surface area contributed by atoms with E-state index < -0.39 is 0 Å². The number of pyridine rings is 1. The number of nitrogens with zero attached hydrogens (tertiary/aromatic N) is 4. The molecule has 1 aromatic rings. The van der Waals surface area contributed by atoms with Crippen molar-refractivity contribution in [3.63, 3.8) is 0 Å². The van der Waals surface area contributed by atoms with E-state index >= 15 is 0 Å². The molecule has 0 aliphatic carbocycles. The summed E-state index contributed by atoms with van der Waals surface area (Å²) in [5.41, 5.74) is 1.05. The molecule has 1 amide bonds. The maximum Gasteiger partial charge on any atom is 0.241 e. The zero-order valence-corrected chi connectivity index (χ0v) is 14.9. The third kappa shape index (κ3) is 5.11. The summed E-state index contributed by atoms with van der Waals surface area (Å²) in [7, 11) is 3.93. The van der Waals surface area contributed by atoms with Gasteiger partial charge in [0.25, 0.3) is 0 Å². The summed E-state index contributed by atoms with van der Waals surface area (Å²) in [4.78, 5) is 25.0. The van der Waals surface area contributed by atoms with Crippen molar-refractivity contribution < 1.29 is 4.79 Å². The third-order valence-corrected chi connectivity index (χ3v) is 3.91. The minimum atomic E-state index is 0.133. The van der Waals surface area contributed by atoms with Crippen LogP contribution in [-0.4, -0.2) is 62.0 Å². The molecule has 1 fully saturated rings. The maximum atomic E-state index is 12.1. The molecule has 0 radical (unpaired) electrons. The number of amides is 1. The summed E-state index contributed by atoms with van der Waals surface area (Å²) in [5.74, 6) is 1.69. The third-order valence-electron chi connectivity index (χ3n) is 3.91. The Morgan fingerprint density at radius 1 is 1.33 bits per heavy atom. The van der Waals surface area contributed by atoms with Crippen LogP contribution in [0.25, 0.3) is 0 Å². The van der Waals surface area contributed by atoms with Crippen molar-refractivity contribution in [2.24, 2.45) is 4.99 Å². The average Bonchev–Trinajstić information content (AvgIpc) is 3.12. The number of rotatable bonds is 6. The van der Waals surface area contributed by atoms with E-state index in [2.05, 4.69) is 20.6 Å². The molecule has 2 heterocycles. The SMILES string of the molecule is CCNC(=NCc1cccnc1N(C)C)NCC(=O)N1CCCC1. The molecule has 2 rings (SSSR count). The topological polar surface area (TPSA) is 72.9 Å². The molecular weight excluding hydrogens is 304 g/mol. The van der Waals surface area contributed by atoms with Crippen molar-refractivity contribution in [2.45, 2.75) is 26.3 Å². The molecule has 0 atom stereocenters. The first-order valence-corrected chi connectivity index (χ1v) is 8.53. The number of carbonyl (C=O) groups excluding carboxylic acids is 1. The van der Waals surface area contributed by atoms with Crippen LogP contribution in [0, 0.1) is 0 Å². The molecule has 0 saturated carbocycles. The highest BCUT2D eigenvalue weighted by Crippen LogP contribution is 2.15. The van der Waals surface area contributed by atoms with Crippen LogP contribution in [0.4, 0.5) is 5.82 Å².